The molecule has 0 amide bonds. The molecule has 2 heterocycles. The van der Waals surface area contributed by atoms with Gasteiger partial charge in [0.25, 0.3) is 0 Å². The molecule has 6 atom stereocenters. The quantitative estimate of drug-likeness (QED) is 0.479. The van der Waals surface area contributed by atoms with Gasteiger partial charge in [-0.15, -0.1) is 11.8 Å². The van der Waals surface area contributed by atoms with Crippen LogP contribution < -0.4 is 0 Å². The van der Waals surface area contributed by atoms with E-state index in [-0.39, 0.29) is 22.5 Å². The molecule has 0 aromatic heterocycles. The number of esters is 1. The van der Waals surface area contributed by atoms with Crippen LogP contribution in [0.25, 0.3) is 0 Å². The number of benzene rings is 1. The molecule has 8 heteroatoms. The van der Waals surface area contributed by atoms with E-state index in [1.165, 1.54) is 18.7 Å². The first-order valence-electron chi connectivity index (χ1n) is 10.4. The highest BCUT2D eigenvalue weighted by Gasteiger charge is 2.54. The Morgan fingerprint density at radius 2 is 1.80 bits per heavy atom. The van der Waals surface area contributed by atoms with Gasteiger partial charge in [0.05, 0.1) is 6.61 Å². The van der Waals surface area contributed by atoms with E-state index in [1.54, 1.807) is 0 Å². The molecule has 3 rings (SSSR count). The third-order valence-corrected chi connectivity index (χ3v) is 11.4. The van der Waals surface area contributed by atoms with Crippen molar-refractivity contribution < 1.29 is 28.2 Å². The highest BCUT2D eigenvalue weighted by molar-refractivity contribution is 7.99. The Hall–Kier alpha value is -0.903. The standard InChI is InChI=1S/C22H34O6SSi/c1-14(23)25-19-18(28-30(6,7)22(2,3)4)17-16(26-21(19)29-5)13-24-20(27-17)15-11-9-8-10-12-15/h8-12,16-21H,13H2,1-7H3/t16-,17-,18+,19-,20?,21+/m1/s1. The summed E-state index contributed by atoms with van der Waals surface area (Å²) < 4.78 is 31.2. The van der Waals surface area contributed by atoms with Gasteiger partial charge in [-0.1, -0.05) is 51.1 Å². The molecule has 0 aliphatic carbocycles. The van der Waals surface area contributed by atoms with Crippen molar-refractivity contribution in [3.05, 3.63) is 35.9 Å². The monoisotopic (exact) mass is 454 g/mol. The zero-order valence-corrected chi connectivity index (χ0v) is 20.7. The SMILES string of the molecule is CS[C@@H]1O[C@@H]2COC(c3ccccc3)O[C@H]2[C@H](O[Si](C)(C)C(C)(C)C)[C@H]1OC(C)=O. The average molecular weight is 455 g/mol. The number of hydrogen-bond donors (Lipinski definition) is 0. The van der Waals surface area contributed by atoms with Crippen LogP contribution >= 0.6 is 11.8 Å². The molecule has 1 aromatic rings. The Morgan fingerprint density at radius 3 is 2.37 bits per heavy atom. The number of carbonyl (C=O) groups excluding carboxylic acids is 1. The van der Waals surface area contributed by atoms with Gasteiger partial charge in [0.1, 0.15) is 23.7 Å². The second kappa shape index (κ2) is 9.30. The summed E-state index contributed by atoms with van der Waals surface area (Å²) in [6.45, 7) is 12.8. The molecular weight excluding hydrogens is 420 g/mol. The van der Waals surface area contributed by atoms with Gasteiger partial charge in [-0.05, 0) is 24.4 Å². The maximum Gasteiger partial charge on any atom is 0.303 e. The summed E-state index contributed by atoms with van der Waals surface area (Å²) in [5.41, 5.74) is 0.600. The van der Waals surface area contributed by atoms with E-state index in [0.717, 1.165) is 5.56 Å². The number of ether oxygens (including phenoxy) is 4. The van der Waals surface area contributed by atoms with Crippen LogP contribution in [0.5, 0.6) is 0 Å². The number of carbonyl (C=O) groups is 1. The molecule has 2 fully saturated rings. The molecule has 2 aliphatic heterocycles. The normalized spacial score (nSPS) is 32.4. The lowest BCUT2D eigenvalue weighted by molar-refractivity contribution is -0.317. The lowest BCUT2D eigenvalue weighted by atomic mass is 9.98. The van der Waals surface area contributed by atoms with Crippen LogP contribution in [0.15, 0.2) is 30.3 Å². The van der Waals surface area contributed by atoms with Crippen LogP contribution in [0, 0.1) is 0 Å². The molecule has 0 radical (unpaired) electrons. The summed E-state index contributed by atoms with van der Waals surface area (Å²) in [6.07, 6.45) is -0.231. The van der Waals surface area contributed by atoms with Crippen molar-refractivity contribution in [2.45, 2.75) is 82.0 Å². The minimum absolute atomic E-state index is 0.000424. The fourth-order valence-corrected chi connectivity index (χ4v) is 5.52. The van der Waals surface area contributed by atoms with E-state index >= 15 is 0 Å². The Balaban J connectivity index is 1.93. The van der Waals surface area contributed by atoms with Gasteiger partial charge in [0.15, 0.2) is 20.7 Å². The first kappa shape index (κ1) is 23.8. The first-order valence-corrected chi connectivity index (χ1v) is 14.6. The number of thioether (sulfide) groups is 1. The Bertz CT molecular complexity index is 722. The smallest absolute Gasteiger partial charge is 0.303 e. The van der Waals surface area contributed by atoms with Crippen molar-refractivity contribution in [2.75, 3.05) is 12.9 Å². The van der Waals surface area contributed by atoms with Gasteiger partial charge < -0.3 is 23.4 Å². The molecule has 2 aliphatic rings. The van der Waals surface area contributed by atoms with E-state index in [2.05, 4.69) is 33.9 Å². The number of fused-ring (bicyclic) bond motifs is 1. The summed E-state index contributed by atoms with van der Waals surface area (Å²) in [7, 11) is -2.18. The minimum atomic E-state index is -2.18. The average Bonchev–Trinajstić information content (AvgIpc) is 2.68. The van der Waals surface area contributed by atoms with Gasteiger partial charge in [0.2, 0.25) is 0 Å². The van der Waals surface area contributed by atoms with E-state index in [4.69, 9.17) is 23.4 Å². The molecule has 1 aromatic carbocycles. The predicted octanol–water partition coefficient (Wildman–Crippen LogP) is 4.51. The third-order valence-electron chi connectivity index (χ3n) is 6.13. The van der Waals surface area contributed by atoms with E-state index in [1.807, 2.05) is 36.6 Å². The molecule has 0 spiro atoms. The van der Waals surface area contributed by atoms with Crippen molar-refractivity contribution >= 4 is 26.0 Å². The Kier molecular flexibility index (Phi) is 7.36. The number of hydrogen-bond acceptors (Lipinski definition) is 7. The van der Waals surface area contributed by atoms with Crippen molar-refractivity contribution in [3.8, 4) is 0 Å². The van der Waals surface area contributed by atoms with Crippen LogP contribution in [-0.2, 0) is 28.2 Å². The zero-order chi connectivity index (χ0) is 22.1. The van der Waals surface area contributed by atoms with Crippen molar-refractivity contribution in [1.29, 1.82) is 0 Å². The zero-order valence-electron chi connectivity index (χ0n) is 18.9. The summed E-state index contributed by atoms with van der Waals surface area (Å²) >= 11 is 1.51. The minimum Gasteiger partial charge on any atom is -0.456 e. The first-order chi connectivity index (χ1) is 14.0. The summed E-state index contributed by atoms with van der Waals surface area (Å²) in [5.74, 6) is -0.350. The molecule has 0 saturated carbocycles. The fraction of sp³-hybridized carbons (Fsp3) is 0.682. The molecular formula is C22H34O6SSi. The van der Waals surface area contributed by atoms with Gasteiger partial charge in [-0.3, -0.25) is 4.79 Å². The van der Waals surface area contributed by atoms with Crippen LogP contribution in [0.4, 0.5) is 0 Å². The maximum absolute atomic E-state index is 11.9. The highest BCUT2D eigenvalue weighted by atomic mass is 32.2. The predicted molar refractivity (Wildman–Crippen MR) is 120 cm³/mol. The second-order valence-corrected chi connectivity index (χ2v) is 15.1. The molecule has 0 bridgehead atoms. The largest absolute Gasteiger partial charge is 0.456 e. The summed E-state index contributed by atoms with van der Waals surface area (Å²) in [5, 5.41) is 0.000424. The second-order valence-electron chi connectivity index (χ2n) is 9.37. The topological polar surface area (TPSA) is 63.2 Å². The van der Waals surface area contributed by atoms with Gasteiger partial charge in [-0.25, -0.2) is 0 Å². The van der Waals surface area contributed by atoms with E-state index in [0.29, 0.717) is 6.61 Å². The van der Waals surface area contributed by atoms with E-state index in [9.17, 15) is 4.79 Å². The van der Waals surface area contributed by atoms with Crippen molar-refractivity contribution in [3.63, 3.8) is 0 Å². The Labute approximate surface area is 185 Å². The summed E-state index contributed by atoms with van der Waals surface area (Å²) in [4.78, 5) is 11.9. The molecule has 30 heavy (non-hydrogen) atoms. The summed E-state index contributed by atoms with van der Waals surface area (Å²) in [6, 6.07) is 9.84. The molecule has 6 nitrogen and oxygen atoms in total. The maximum atomic E-state index is 11.9. The van der Waals surface area contributed by atoms with Crippen LogP contribution in [0.2, 0.25) is 18.1 Å². The molecule has 168 valence electrons. The molecule has 1 unspecified atom stereocenters. The lowest BCUT2D eigenvalue weighted by Gasteiger charge is -2.51. The van der Waals surface area contributed by atoms with Gasteiger partial charge >= 0.3 is 5.97 Å². The van der Waals surface area contributed by atoms with E-state index < -0.39 is 32.9 Å². The van der Waals surface area contributed by atoms with Crippen LogP contribution in [0.3, 0.4) is 0 Å². The fourth-order valence-electron chi connectivity index (χ4n) is 3.48. The third kappa shape index (κ3) is 5.11. The lowest BCUT2D eigenvalue weighted by Crippen LogP contribution is -2.65. The highest BCUT2D eigenvalue weighted by Crippen LogP contribution is 2.43. The molecule has 0 N–H and O–H groups in total. The van der Waals surface area contributed by atoms with Gasteiger partial charge in [-0.2, -0.15) is 0 Å². The van der Waals surface area contributed by atoms with Crippen LogP contribution in [-0.4, -0.2) is 57.0 Å². The number of rotatable bonds is 5. The molecule has 2 saturated heterocycles. The van der Waals surface area contributed by atoms with Crippen LogP contribution in [0.1, 0.15) is 39.5 Å². The van der Waals surface area contributed by atoms with Gasteiger partial charge in [0, 0.05) is 12.5 Å². The Morgan fingerprint density at radius 1 is 1.13 bits per heavy atom. The van der Waals surface area contributed by atoms with Crippen molar-refractivity contribution in [1.82, 2.24) is 0 Å². The van der Waals surface area contributed by atoms with Crippen molar-refractivity contribution in [2.24, 2.45) is 0 Å².